The number of rotatable bonds is 8. The Balaban J connectivity index is 2.20. The number of hydrogen-bond donors (Lipinski definition) is 1. The lowest BCUT2D eigenvalue weighted by Crippen LogP contribution is -2.27. The zero-order valence-corrected chi connectivity index (χ0v) is 15.4. The normalized spacial score (nSPS) is 10.4. The number of carbonyl (C=O) groups is 1. The van der Waals surface area contributed by atoms with Crippen LogP contribution < -0.4 is 15.0 Å². The van der Waals surface area contributed by atoms with Gasteiger partial charge in [0, 0.05) is 24.8 Å². The second-order valence-electron chi connectivity index (χ2n) is 5.83. The molecule has 2 rings (SSSR count). The molecule has 0 saturated carbocycles. The minimum Gasteiger partial charge on any atom is -0.497 e. The molecule has 0 saturated heterocycles. The summed E-state index contributed by atoms with van der Waals surface area (Å²) in [7, 11) is 1.61. The third kappa shape index (κ3) is 5.17. The topological polar surface area (TPSA) is 67.4 Å². The molecule has 0 aliphatic carbocycles. The van der Waals surface area contributed by atoms with E-state index in [0.29, 0.717) is 17.2 Å². The van der Waals surface area contributed by atoms with Crippen LogP contribution in [-0.4, -0.2) is 36.1 Å². The summed E-state index contributed by atoms with van der Waals surface area (Å²) in [5, 5.41) is 2.86. The zero-order valence-electron chi connectivity index (χ0n) is 15.4. The molecule has 0 spiro atoms. The molecule has 0 aliphatic rings. The maximum atomic E-state index is 12.6. The number of amides is 1. The SMILES string of the molecule is CCCN(CCC)c1cc(C(=O)Nc2ccc(OC)cc2)nc(C)n1. The van der Waals surface area contributed by atoms with Crippen LogP contribution >= 0.6 is 0 Å². The highest BCUT2D eigenvalue weighted by Crippen LogP contribution is 2.18. The van der Waals surface area contributed by atoms with Crippen LogP contribution in [0.3, 0.4) is 0 Å². The van der Waals surface area contributed by atoms with Gasteiger partial charge in [-0.15, -0.1) is 0 Å². The summed E-state index contributed by atoms with van der Waals surface area (Å²) in [5.41, 5.74) is 1.07. The van der Waals surface area contributed by atoms with Crippen LogP contribution in [0.15, 0.2) is 30.3 Å². The van der Waals surface area contributed by atoms with Gasteiger partial charge in [-0.2, -0.15) is 0 Å². The molecule has 0 unspecified atom stereocenters. The Labute approximate surface area is 149 Å². The third-order valence-electron chi connectivity index (χ3n) is 3.72. The Bertz CT molecular complexity index is 695. The predicted octanol–water partition coefficient (Wildman–Crippen LogP) is 3.67. The summed E-state index contributed by atoms with van der Waals surface area (Å²) in [6, 6.07) is 8.96. The van der Waals surface area contributed by atoms with E-state index in [0.717, 1.165) is 37.5 Å². The van der Waals surface area contributed by atoms with E-state index in [4.69, 9.17) is 4.74 Å². The standard InChI is InChI=1S/C19H26N4O2/c1-5-11-23(12-6-2)18-13-17(20-14(3)21-18)19(24)22-15-7-9-16(25-4)10-8-15/h7-10,13H,5-6,11-12H2,1-4H3,(H,22,24). The van der Waals surface area contributed by atoms with Crippen molar-refractivity contribution < 1.29 is 9.53 Å². The van der Waals surface area contributed by atoms with Crippen LogP contribution in [0.2, 0.25) is 0 Å². The lowest BCUT2D eigenvalue weighted by atomic mass is 10.2. The van der Waals surface area contributed by atoms with Crippen LogP contribution in [0.25, 0.3) is 0 Å². The first-order chi connectivity index (χ1) is 12.1. The van der Waals surface area contributed by atoms with Crippen molar-refractivity contribution >= 4 is 17.4 Å². The minimum absolute atomic E-state index is 0.245. The van der Waals surface area contributed by atoms with Gasteiger partial charge in [-0.25, -0.2) is 9.97 Å². The molecule has 0 atom stereocenters. The quantitative estimate of drug-likeness (QED) is 0.793. The number of nitrogens with one attached hydrogen (secondary N) is 1. The number of methoxy groups -OCH3 is 1. The number of benzene rings is 1. The molecule has 0 radical (unpaired) electrons. The van der Waals surface area contributed by atoms with Crippen molar-refractivity contribution in [2.75, 3.05) is 30.4 Å². The Morgan fingerprint density at radius 1 is 1.12 bits per heavy atom. The second-order valence-corrected chi connectivity index (χ2v) is 5.83. The van der Waals surface area contributed by atoms with Crippen LogP contribution in [0, 0.1) is 6.92 Å². The summed E-state index contributed by atoms with van der Waals surface area (Å²) < 4.78 is 5.12. The van der Waals surface area contributed by atoms with Crippen molar-refractivity contribution in [1.82, 2.24) is 9.97 Å². The van der Waals surface area contributed by atoms with Crippen LogP contribution in [0.4, 0.5) is 11.5 Å². The summed E-state index contributed by atoms with van der Waals surface area (Å²) in [6.45, 7) is 7.89. The van der Waals surface area contributed by atoms with E-state index in [-0.39, 0.29) is 5.91 Å². The monoisotopic (exact) mass is 342 g/mol. The van der Waals surface area contributed by atoms with Crippen LogP contribution in [-0.2, 0) is 0 Å². The fourth-order valence-corrected chi connectivity index (χ4v) is 2.58. The van der Waals surface area contributed by atoms with E-state index < -0.39 is 0 Å². The van der Waals surface area contributed by atoms with Gasteiger partial charge >= 0.3 is 0 Å². The molecule has 1 aromatic carbocycles. The average Bonchev–Trinajstić information content (AvgIpc) is 2.61. The summed E-state index contributed by atoms with van der Waals surface area (Å²) in [6.07, 6.45) is 2.05. The van der Waals surface area contributed by atoms with E-state index in [1.807, 2.05) is 6.92 Å². The third-order valence-corrected chi connectivity index (χ3v) is 3.72. The fourth-order valence-electron chi connectivity index (χ4n) is 2.58. The number of aryl methyl sites for hydroxylation is 1. The lowest BCUT2D eigenvalue weighted by Gasteiger charge is -2.23. The number of nitrogens with zero attached hydrogens (tertiary/aromatic N) is 3. The van der Waals surface area contributed by atoms with Crippen molar-refractivity contribution in [2.24, 2.45) is 0 Å². The fraction of sp³-hybridized carbons (Fsp3) is 0.421. The molecule has 25 heavy (non-hydrogen) atoms. The highest BCUT2D eigenvalue weighted by molar-refractivity contribution is 6.03. The molecule has 1 aromatic heterocycles. The van der Waals surface area contributed by atoms with E-state index in [1.165, 1.54) is 0 Å². The molecule has 134 valence electrons. The maximum absolute atomic E-state index is 12.6. The molecule has 0 fully saturated rings. The molecule has 2 aromatic rings. The van der Waals surface area contributed by atoms with Gasteiger partial charge in [0.05, 0.1) is 7.11 Å². The van der Waals surface area contributed by atoms with E-state index in [1.54, 1.807) is 37.4 Å². The summed E-state index contributed by atoms with van der Waals surface area (Å²) in [5.74, 6) is 1.89. The van der Waals surface area contributed by atoms with Gasteiger partial charge in [0.1, 0.15) is 23.1 Å². The van der Waals surface area contributed by atoms with Crippen molar-refractivity contribution in [1.29, 1.82) is 0 Å². The van der Waals surface area contributed by atoms with Crippen molar-refractivity contribution in [2.45, 2.75) is 33.6 Å². The van der Waals surface area contributed by atoms with Gasteiger partial charge in [0.15, 0.2) is 0 Å². The number of hydrogen-bond acceptors (Lipinski definition) is 5. The van der Waals surface area contributed by atoms with Crippen molar-refractivity contribution in [3.8, 4) is 5.75 Å². The van der Waals surface area contributed by atoms with Crippen molar-refractivity contribution in [3.63, 3.8) is 0 Å². The molecule has 0 aliphatic heterocycles. The molecule has 0 bridgehead atoms. The van der Waals surface area contributed by atoms with Gasteiger partial charge < -0.3 is 15.0 Å². The van der Waals surface area contributed by atoms with Gasteiger partial charge in [0.2, 0.25) is 0 Å². The molecule has 1 amide bonds. The Kier molecular flexibility index (Phi) is 6.74. The summed E-state index contributed by atoms with van der Waals surface area (Å²) in [4.78, 5) is 23.5. The first-order valence-corrected chi connectivity index (χ1v) is 8.63. The maximum Gasteiger partial charge on any atom is 0.274 e. The van der Waals surface area contributed by atoms with Crippen LogP contribution in [0.1, 0.15) is 43.0 Å². The molecular weight excluding hydrogens is 316 g/mol. The highest BCUT2D eigenvalue weighted by Gasteiger charge is 2.14. The van der Waals surface area contributed by atoms with Gasteiger partial charge in [-0.05, 0) is 44.0 Å². The first kappa shape index (κ1) is 18.7. The molecular formula is C19H26N4O2. The number of anilines is 2. The highest BCUT2D eigenvalue weighted by atomic mass is 16.5. The van der Waals surface area contributed by atoms with Crippen LogP contribution in [0.5, 0.6) is 5.75 Å². The zero-order chi connectivity index (χ0) is 18.2. The lowest BCUT2D eigenvalue weighted by molar-refractivity contribution is 0.102. The predicted molar refractivity (Wildman–Crippen MR) is 101 cm³/mol. The largest absolute Gasteiger partial charge is 0.497 e. The number of ether oxygens (including phenoxy) is 1. The van der Waals surface area contributed by atoms with Gasteiger partial charge in [-0.3, -0.25) is 4.79 Å². The van der Waals surface area contributed by atoms with Crippen molar-refractivity contribution in [3.05, 3.63) is 41.9 Å². The van der Waals surface area contributed by atoms with E-state index in [9.17, 15) is 4.79 Å². The Hall–Kier alpha value is -2.63. The Morgan fingerprint density at radius 3 is 2.32 bits per heavy atom. The average molecular weight is 342 g/mol. The number of carbonyl (C=O) groups excluding carboxylic acids is 1. The minimum atomic E-state index is -0.245. The number of aromatic nitrogens is 2. The first-order valence-electron chi connectivity index (χ1n) is 8.63. The smallest absolute Gasteiger partial charge is 0.274 e. The van der Waals surface area contributed by atoms with Gasteiger partial charge in [0.25, 0.3) is 5.91 Å². The molecule has 6 heteroatoms. The van der Waals surface area contributed by atoms with Gasteiger partial charge in [-0.1, -0.05) is 13.8 Å². The molecule has 1 N–H and O–H groups in total. The molecule has 1 heterocycles. The Morgan fingerprint density at radius 2 is 1.76 bits per heavy atom. The van der Waals surface area contributed by atoms with E-state index >= 15 is 0 Å². The second kappa shape index (κ2) is 9.01. The summed E-state index contributed by atoms with van der Waals surface area (Å²) >= 11 is 0. The van der Waals surface area contributed by atoms with E-state index in [2.05, 4.69) is 34.0 Å². The molecule has 6 nitrogen and oxygen atoms in total.